The van der Waals surface area contributed by atoms with Crippen LogP contribution in [-0.2, 0) is 10.2 Å². The zero-order valence-corrected chi connectivity index (χ0v) is 28.6. The lowest BCUT2D eigenvalue weighted by molar-refractivity contribution is 0.0779. The average Bonchev–Trinajstić information content (AvgIpc) is 3.78. The lowest BCUT2D eigenvalue weighted by Crippen LogP contribution is -2.47. The van der Waals surface area contributed by atoms with Gasteiger partial charge in [0, 0.05) is 68.7 Å². The van der Waals surface area contributed by atoms with Crippen molar-refractivity contribution < 1.29 is 23.7 Å². The Morgan fingerprint density at radius 1 is 1.02 bits per heavy atom. The molecule has 1 amide bonds. The van der Waals surface area contributed by atoms with Gasteiger partial charge in [-0.25, -0.2) is 4.98 Å². The number of benzene rings is 2. The van der Waals surface area contributed by atoms with Gasteiger partial charge in [-0.2, -0.15) is 0 Å². The van der Waals surface area contributed by atoms with E-state index in [1.165, 1.54) is 5.56 Å². The fraction of sp³-hybridized carbons (Fsp3) is 0.486. The summed E-state index contributed by atoms with van der Waals surface area (Å²) < 4.78 is 22.3. The molecule has 4 heterocycles. The Morgan fingerprint density at radius 3 is 2.46 bits per heavy atom. The molecule has 11 nitrogen and oxygen atoms in total. The smallest absolute Gasteiger partial charge is 0.254 e. The van der Waals surface area contributed by atoms with Crippen LogP contribution in [0, 0.1) is 0 Å². The van der Waals surface area contributed by atoms with Crippen LogP contribution < -0.4 is 19.1 Å². The van der Waals surface area contributed by atoms with Crippen LogP contribution >= 0.6 is 0 Å². The Morgan fingerprint density at radius 2 is 1.79 bits per heavy atom. The quantitative estimate of drug-likeness (QED) is 0.184. The molecule has 2 aromatic carbocycles. The van der Waals surface area contributed by atoms with E-state index < -0.39 is 0 Å². The van der Waals surface area contributed by atoms with E-state index in [9.17, 15) is 4.79 Å². The van der Waals surface area contributed by atoms with Crippen LogP contribution in [0.5, 0.6) is 17.2 Å². The van der Waals surface area contributed by atoms with E-state index in [-0.39, 0.29) is 11.3 Å². The molecule has 1 atom stereocenters. The number of carbonyl (C=O) groups is 1. The zero-order chi connectivity index (χ0) is 33.5. The van der Waals surface area contributed by atoms with E-state index in [0.717, 1.165) is 68.8 Å². The predicted molar refractivity (Wildman–Crippen MR) is 187 cm³/mol. The van der Waals surface area contributed by atoms with E-state index in [0.29, 0.717) is 55.2 Å². The maximum atomic E-state index is 13.9. The second-order valence-electron chi connectivity index (χ2n) is 12.7. The number of methoxy groups -OCH3 is 3. The highest BCUT2D eigenvalue weighted by Crippen LogP contribution is 2.41. The SMILES string of the molecule is CCOCCN(c1nc2ccccc2[nH]1)C1CCN(CCC2(c3cccnc3)CCN(C(=O)c3cc(OC)c(OC)c(OC)c3)C2)CC1. The van der Waals surface area contributed by atoms with Gasteiger partial charge < -0.3 is 38.6 Å². The Balaban J connectivity index is 1.13. The number of imidazole rings is 1. The number of nitrogens with zero attached hydrogens (tertiary/aromatic N) is 5. The number of H-pyrrole nitrogens is 1. The van der Waals surface area contributed by atoms with Crippen molar-refractivity contribution in [2.45, 2.75) is 44.1 Å². The van der Waals surface area contributed by atoms with Gasteiger partial charge in [-0.05, 0) is 75.0 Å². The number of pyridine rings is 1. The molecule has 0 bridgehead atoms. The number of para-hydroxylation sites is 2. The van der Waals surface area contributed by atoms with E-state index in [2.05, 4.69) is 38.0 Å². The molecule has 0 saturated carbocycles. The largest absolute Gasteiger partial charge is 0.493 e. The fourth-order valence-electron chi connectivity index (χ4n) is 7.36. The minimum Gasteiger partial charge on any atom is -0.493 e. The molecule has 0 radical (unpaired) electrons. The van der Waals surface area contributed by atoms with Crippen molar-refractivity contribution in [2.24, 2.45) is 0 Å². The Bertz CT molecular complexity index is 1600. The molecule has 0 spiro atoms. The van der Waals surface area contributed by atoms with Gasteiger partial charge in [-0.1, -0.05) is 18.2 Å². The third-order valence-corrected chi connectivity index (χ3v) is 10.1. The Kier molecular flexibility index (Phi) is 10.7. The molecule has 4 aromatic rings. The molecular weight excluding hydrogens is 608 g/mol. The minimum atomic E-state index is -0.181. The van der Waals surface area contributed by atoms with Gasteiger partial charge >= 0.3 is 0 Å². The summed E-state index contributed by atoms with van der Waals surface area (Å²) in [6.45, 7) is 8.48. The summed E-state index contributed by atoms with van der Waals surface area (Å²) in [4.78, 5) is 33.8. The topological polar surface area (TPSA) is 105 Å². The summed E-state index contributed by atoms with van der Waals surface area (Å²) in [5.74, 6) is 2.30. The Labute approximate surface area is 283 Å². The van der Waals surface area contributed by atoms with Crippen molar-refractivity contribution in [3.05, 3.63) is 72.1 Å². The molecule has 2 aromatic heterocycles. The van der Waals surface area contributed by atoms with Gasteiger partial charge in [-0.15, -0.1) is 0 Å². The lowest BCUT2D eigenvalue weighted by Gasteiger charge is -2.40. The summed E-state index contributed by atoms with van der Waals surface area (Å²) in [7, 11) is 4.69. The average molecular weight is 657 g/mol. The van der Waals surface area contributed by atoms with E-state index in [1.807, 2.05) is 42.4 Å². The Hall–Kier alpha value is -4.35. The number of likely N-dealkylation sites (tertiary alicyclic amines) is 2. The van der Waals surface area contributed by atoms with Gasteiger partial charge in [0.05, 0.1) is 39.0 Å². The number of ether oxygens (including phenoxy) is 4. The number of fused-ring (bicyclic) bond motifs is 1. The molecule has 2 aliphatic rings. The van der Waals surface area contributed by atoms with Gasteiger partial charge in [-0.3, -0.25) is 9.78 Å². The number of piperidine rings is 1. The summed E-state index contributed by atoms with van der Waals surface area (Å²) >= 11 is 0. The van der Waals surface area contributed by atoms with Crippen molar-refractivity contribution in [3.8, 4) is 17.2 Å². The van der Waals surface area contributed by atoms with Crippen LogP contribution in [0.3, 0.4) is 0 Å². The molecule has 1 N–H and O–H groups in total. The van der Waals surface area contributed by atoms with Gasteiger partial charge in [0.15, 0.2) is 11.5 Å². The number of aromatic nitrogens is 3. The van der Waals surface area contributed by atoms with Gasteiger partial charge in [0.2, 0.25) is 11.7 Å². The highest BCUT2D eigenvalue weighted by molar-refractivity contribution is 5.96. The summed E-state index contributed by atoms with van der Waals surface area (Å²) in [6, 6.07) is 16.2. The number of nitrogens with one attached hydrogen (secondary N) is 1. The second kappa shape index (κ2) is 15.3. The molecule has 6 rings (SSSR count). The summed E-state index contributed by atoms with van der Waals surface area (Å²) in [6.07, 6.45) is 7.71. The van der Waals surface area contributed by atoms with Crippen molar-refractivity contribution in [2.75, 3.05) is 78.7 Å². The number of hydrogen-bond donors (Lipinski definition) is 1. The number of carbonyl (C=O) groups excluding carboxylic acids is 1. The fourth-order valence-corrected chi connectivity index (χ4v) is 7.36. The standard InChI is InChI=1S/C37H48N6O5/c1-5-48-22-21-43(36-39-30-10-6-7-11-31(30)40-36)29-12-17-41(18-13-29)19-14-37(28-9-8-16-38-25-28)15-20-42(26-37)35(44)27-23-32(45-2)34(47-4)33(24-27)46-3/h6-11,16,23-25,29H,5,12-15,17-22,26H2,1-4H3,(H,39,40). The highest BCUT2D eigenvalue weighted by Gasteiger charge is 2.42. The summed E-state index contributed by atoms with van der Waals surface area (Å²) in [5, 5.41) is 0. The van der Waals surface area contributed by atoms with Crippen LogP contribution in [0.1, 0.15) is 48.5 Å². The third-order valence-electron chi connectivity index (χ3n) is 10.1. The predicted octanol–water partition coefficient (Wildman–Crippen LogP) is 5.17. The highest BCUT2D eigenvalue weighted by atomic mass is 16.5. The van der Waals surface area contributed by atoms with Crippen LogP contribution in [0.2, 0.25) is 0 Å². The van der Waals surface area contributed by atoms with Crippen LogP contribution in [0.4, 0.5) is 5.95 Å². The van der Waals surface area contributed by atoms with E-state index in [1.54, 1.807) is 33.5 Å². The van der Waals surface area contributed by atoms with Crippen molar-refractivity contribution in [1.82, 2.24) is 24.8 Å². The first-order chi connectivity index (χ1) is 23.5. The maximum Gasteiger partial charge on any atom is 0.254 e. The maximum absolute atomic E-state index is 13.9. The van der Waals surface area contributed by atoms with Crippen LogP contribution in [-0.4, -0.2) is 111 Å². The first-order valence-corrected chi connectivity index (χ1v) is 17.0. The normalized spacial score (nSPS) is 18.7. The number of rotatable bonds is 14. The first kappa shape index (κ1) is 33.5. The number of anilines is 1. The second-order valence-corrected chi connectivity index (χ2v) is 12.7. The van der Waals surface area contributed by atoms with Crippen molar-refractivity contribution in [3.63, 3.8) is 0 Å². The molecule has 2 saturated heterocycles. The lowest BCUT2D eigenvalue weighted by atomic mass is 9.77. The summed E-state index contributed by atoms with van der Waals surface area (Å²) in [5.41, 5.74) is 3.57. The zero-order valence-electron chi connectivity index (χ0n) is 28.6. The molecule has 11 heteroatoms. The molecule has 2 fully saturated rings. The van der Waals surface area contributed by atoms with Crippen LogP contribution in [0.15, 0.2) is 60.9 Å². The molecule has 2 aliphatic heterocycles. The molecule has 48 heavy (non-hydrogen) atoms. The van der Waals surface area contributed by atoms with Gasteiger partial charge in [0.1, 0.15) is 0 Å². The number of amides is 1. The van der Waals surface area contributed by atoms with E-state index in [4.69, 9.17) is 23.9 Å². The third kappa shape index (κ3) is 7.07. The van der Waals surface area contributed by atoms with Gasteiger partial charge in [0.25, 0.3) is 5.91 Å². The molecule has 1 unspecified atom stereocenters. The van der Waals surface area contributed by atoms with Crippen molar-refractivity contribution in [1.29, 1.82) is 0 Å². The van der Waals surface area contributed by atoms with E-state index >= 15 is 0 Å². The van der Waals surface area contributed by atoms with Crippen molar-refractivity contribution >= 4 is 22.9 Å². The molecule has 256 valence electrons. The molecular formula is C37H48N6O5. The van der Waals surface area contributed by atoms with Crippen LogP contribution in [0.25, 0.3) is 11.0 Å². The minimum absolute atomic E-state index is 0.0430. The monoisotopic (exact) mass is 656 g/mol. The number of hydrogen-bond acceptors (Lipinski definition) is 9. The number of aromatic amines is 1. The molecule has 0 aliphatic carbocycles. The first-order valence-electron chi connectivity index (χ1n) is 17.0.